The SMILES string of the molecule is O=C(CC1(C(=O)O)CCC1)NC(c1ccc(Cl)cc1)C1CCC1. The fraction of sp³-hybridized carbons (Fsp3) is 0.556. The van der Waals surface area contributed by atoms with E-state index in [2.05, 4.69) is 5.32 Å². The first-order valence-corrected chi connectivity index (χ1v) is 8.66. The zero-order chi connectivity index (χ0) is 16.4. The van der Waals surface area contributed by atoms with Crippen LogP contribution in [0.25, 0.3) is 0 Å². The minimum Gasteiger partial charge on any atom is -0.481 e. The van der Waals surface area contributed by atoms with Gasteiger partial charge < -0.3 is 10.4 Å². The molecule has 23 heavy (non-hydrogen) atoms. The molecule has 0 spiro atoms. The normalized spacial score (nSPS) is 20.9. The summed E-state index contributed by atoms with van der Waals surface area (Å²) in [7, 11) is 0. The maximum atomic E-state index is 12.5. The summed E-state index contributed by atoms with van der Waals surface area (Å²) in [5.41, 5.74) is 0.208. The van der Waals surface area contributed by atoms with Gasteiger partial charge in [-0.15, -0.1) is 0 Å². The van der Waals surface area contributed by atoms with E-state index in [0.29, 0.717) is 23.8 Å². The van der Waals surface area contributed by atoms with Crippen molar-refractivity contribution in [1.29, 1.82) is 0 Å². The summed E-state index contributed by atoms with van der Waals surface area (Å²) in [5.74, 6) is -0.563. The summed E-state index contributed by atoms with van der Waals surface area (Å²) in [6, 6.07) is 7.52. The fourth-order valence-electron chi connectivity index (χ4n) is 3.52. The molecule has 5 heteroatoms. The van der Waals surface area contributed by atoms with E-state index < -0.39 is 11.4 Å². The van der Waals surface area contributed by atoms with Crippen LogP contribution >= 0.6 is 11.6 Å². The van der Waals surface area contributed by atoms with E-state index in [1.165, 1.54) is 6.42 Å². The van der Waals surface area contributed by atoms with Gasteiger partial charge in [0.25, 0.3) is 0 Å². The number of hydrogen-bond donors (Lipinski definition) is 2. The molecule has 4 nitrogen and oxygen atoms in total. The topological polar surface area (TPSA) is 66.4 Å². The number of nitrogens with one attached hydrogen (secondary N) is 1. The van der Waals surface area contributed by atoms with Crippen LogP contribution in [0.4, 0.5) is 0 Å². The van der Waals surface area contributed by atoms with Crippen LogP contribution < -0.4 is 5.32 Å². The van der Waals surface area contributed by atoms with Crippen LogP contribution in [-0.4, -0.2) is 17.0 Å². The van der Waals surface area contributed by atoms with Crippen molar-refractivity contribution in [3.05, 3.63) is 34.9 Å². The second-order valence-corrected chi connectivity index (χ2v) is 7.34. The minimum atomic E-state index is -0.842. The molecule has 0 heterocycles. The third-order valence-electron chi connectivity index (χ3n) is 5.43. The van der Waals surface area contributed by atoms with Crippen LogP contribution in [0.1, 0.15) is 56.6 Å². The number of carbonyl (C=O) groups excluding carboxylic acids is 1. The summed E-state index contributed by atoms with van der Waals surface area (Å²) >= 11 is 5.95. The van der Waals surface area contributed by atoms with E-state index in [-0.39, 0.29) is 18.4 Å². The highest BCUT2D eigenvalue weighted by molar-refractivity contribution is 6.30. The molecule has 2 aliphatic carbocycles. The van der Waals surface area contributed by atoms with Gasteiger partial charge in [-0.25, -0.2) is 0 Å². The lowest BCUT2D eigenvalue weighted by Gasteiger charge is -2.39. The van der Waals surface area contributed by atoms with Crippen molar-refractivity contribution >= 4 is 23.5 Å². The molecule has 0 aliphatic heterocycles. The lowest BCUT2D eigenvalue weighted by Crippen LogP contribution is -2.44. The number of rotatable bonds is 6. The third-order valence-corrected chi connectivity index (χ3v) is 5.68. The van der Waals surface area contributed by atoms with Crippen LogP contribution in [0.15, 0.2) is 24.3 Å². The van der Waals surface area contributed by atoms with Gasteiger partial charge in [-0.2, -0.15) is 0 Å². The zero-order valence-corrected chi connectivity index (χ0v) is 13.8. The predicted molar refractivity (Wildman–Crippen MR) is 88.2 cm³/mol. The number of halogens is 1. The van der Waals surface area contributed by atoms with Crippen molar-refractivity contribution in [3.8, 4) is 0 Å². The highest BCUT2D eigenvalue weighted by atomic mass is 35.5. The smallest absolute Gasteiger partial charge is 0.310 e. The van der Waals surface area contributed by atoms with Crippen LogP contribution in [0.2, 0.25) is 5.02 Å². The average Bonchev–Trinajstić information content (AvgIpc) is 2.40. The Balaban J connectivity index is 1.70. The first-order valence-electron chi connectivity index (χ1n) is 8.28. The maximum Gasteiger partial charge on any atom is 0.310 e. The Hall–Kier alpha value is -1.55. The third kappa shape index (κ3) is 3.37. The molecule has 1 amide bonds. The van der Waals surface area contributed by atoms with Gasteiger partial charge >= 0.3 is 5.97 Å². The Morgan fingerprint density at radius 1 is 1.22 bits per heavy atom. The molecule has 1 aromatic carbocycles. The van der Waals surface area contributed by atoms with Crippen molar-refractivity contribution in [2.45, 2.75) is 51.0 Å². The van der Waals surface area contributed by atoms with E-state index in [1.807, 2.05) is 24.3 Å². The summed E-state index contributed by atoms with van der Waals surface area (Å²) in [5, 5.41) is 13.1. The predicted octanol–water partition coefficient (Wildman–Crippen LogP) is 3.94. The molecule has 2 N–H and O–H groups in total. The number of aliphatic carboxylic acids is 1. The Morgan fingerprint density at radius 2 is 1.87 bits per heavy atom. The van der Waals surface area contributed by atoms with Crippen molar-refractivity contribution in [2.24, 2.45) is 11.3 Å². The van der Waals surface area contributed by atoms with Crippen LogP contribution in [0.5, 0.6) is 0 Å². The molecule has 2 aliphatic rings. The number of carboxylic acid groups (broad SMARTS) is 1. The Morgan fingerprint density at radius 3 is 2.30 bits per heavy atom. The zero-order valence-electron chi connectivity index (χ0n) is 13.1. The monoisotopic (exact) mass is 335 g/mol. The molecular formula is C18H22ClNO3. The van der Waals surface area contributed by atoms with Crippen LogP contribution in [-0.2, 0) is 9.59 Å². The van der Waals surface area contributed by atoms with Gasteiger partial charge in [-0.3, -0.25) is 9.59 Å². The van der Waals surface area contributed by atoms with Gasteiger partial charge in [0.2, 0.25) is 5.91 Å². The van der Waals surface area contributed by atoms with E-state index in [1.54, 1.807) is 0 Å². The molecule has 3 rings (SSSR count). The summed E-state index contributed by atoms with van der Waals surface area (Å²) in [6.07, 6.45) is 5.55. The lowest BCUT2D eigenvalue weighted by atomic mass is 9.66. The molecule has 1 aromatic rings. The average molecular weight is 336 g/mol. The van der Waals surface area contributed by atoms with Crippen LogP contribution in [0, 0.1) is 11.3 Å². The quantitative estimate of drug-likeness (QED) is 0.827. The van der Waals surface area contributed by atoms with E-state index in [4.69, 9.17) is 11.6 Å². The second-order valence-electron chi connectivity index (χ2n) is 6.90. The number of carboxylic acids is 1. The molecule has 2 saturated carbocycles. The van der Waals surface area contributed by atoms with Crippen LogP contribution in [0.3, 0.4) is 0 Å². The van der Waals surface area contributed by atoms with E-state index in [0.717, 1.165) is 24.8 Å². The molecular weight excluding hydrogens is 314 g/mol. The number of hydrogen-bond acceptors (Lipinski definition) is 2. The van der Waals surface area contributed by atoms with E-state index in [9.17, 15) is 14.7 Å². The molecule has 0 radical (unpaired) electrons. The van der Waals surface area contributed by atoms with Crippen molar-refractivity contribution < 1.29 is 14.7 Å². The molecule has 0 bridgehead atoms. The standard InChI is InChI=1S/C18H22ClNO3/c19-14-7-5-13(6-8-14)16(12-3-1-4-12)20-15(21)11-18(17(22)23)9-2-10-18/h5-8,12,16H,1-4,9-11H2,(H,20,21)(H,22,23). The largest absolute Gasteiger partial charge is 0.481 e. The van der Waals surface area contributed by atoms with Gasteiger partial charge in [0, 0.05) is 11.4 Å². The van der Waals surface area contributed by atoms with Crippen molar-refractivity contribution in [1.82, 2.24) is 5.32 Å². The summed E-state index contributed by atoms with van der Waals surface area (Å²) in [4.78, 5) is 23.9. The second kappa shape index (κ2) is 6.52. The van der Waals surface area contributed by atoms with Gasteiger partial charge in [-0.05, 0) is 49.3 Å². The molecule has 1 unspecified atom stereocenters. The first kappa shape index (κ1) is 16.3. The highest BCUT2D eigenvalue weighted by Crippen LogP contribution is 2.45. The van der Waals surface area contributed by atoms with Gasteiger partial charge in [-0.1, -0.05) is 36.6 Å². The number of carbonyl (C=O) groups is 2. The first-order chi connectivity index (χ1) is 11.0. The molecule has 0 saturated heterocycles. The van der Waals surface area contributed by atoms with Gasteiger partial charge in [0.05, 0.1) is 11.5 Å². The maximum absolute atomic E-state index is 12.5. The Bertz CT molecular complexity index is 591. The molecule has 2 fully saturated rings. The van der Waals surface area contributed by atoms with Crippen molar-refractivity contribution in [2.75, 3.05) is 0 Å². The molecule has 0 aromatic heterocycles. The van der Waals surface area contributed by atoms with Gasteiger partial charge in [0.15, 0.2) is 0 Å². The summed E-state index contributed by atoms with van der Waals surface area (Å²) < 4.78 is 0. The lowest BCUT2D eigenvalue weighted by molar-refractivity contribution is -0.157. The van der Waals surface area contributed by atoms with Crippen molar-refractivity contribution in [3.63, 3.8) is 0 Å². The minimum absolute atomic E-state index is 0.0422. The Kier molecular flexibility index (Phi) is 4.62. The highest BCUT2D eigenvalue weighted by Gasteiger charge is 2.46. The van der Waals surface area contributed by atoms with Gasteiger partial charge in [0.1, 0.15) is 0 Å². The number of amides is 1. The Labute approximate surface area is 141 Å². The molecule has 1 atom stereocenters. The van der Waals surface area contributed by atoms with E-state index >= 15 is 0 Å². The molecule has 124 valence electrons. The summed E-state index contributed by atoms with van der Waals surface area (Å²) in [6.45, 7) is 0. The number of benzene rings is 1. The fourth-order valence-corrected chi connectivity index (χ4v) is 3.64.